The average Bonchev–Trinajstić information content (AvgIpc) is 2.21. The van der Waals surface area contributed by atoms with Crippen LogP contribution in [-0.2, 0) is 4.74 Å². The van der Waals surface area contributed by atoms with Gasteiger partial charge in [0, 0.05) is 31.9 Å². The first-order valence-corrected chi connectivity index (χ1v) is 5.13. The van der Waals surface area contributed by atoms with Crippen molar-refractivity contribution in [2.45, 2.75) is 0 Å². The van der Waals surface area contributed by atoms with Gasteiger partial charge in [0.1, 0.15) is 5.76 Å². The maximum atomic E-state index is 5.56. The van der Waals surface area contributed by atoms with Crippen LogP contribution in [0.25, 0.3) is 0 Å². The lowest BCUT2D eigenvalue weighted by molar-refractivity contribution is 0.295. The molecule has 0 fully saturated rings. The van der Waals surface area contributed by atoms with Gasteiger partial charge < -0.3 is 20.3 Å². The van der Waals surface area contributed by atoms with Crippen molar-refractivity contribution in [3.8, 4) is 0 Å². The van der Waals surface area contributed by atoms with E-state index in [1.165, 1.54) is 0 Å². The Morgan fingerprint density at radius 3 is 2.19 bits per heavy atom. The molecule has 0 atom stereocenters. The van der Waals surface area contributed by atoms with Gasteiger partial charge in [-0.3, -0.25) is 0 Å². The van der Waals surface area contributed by atoms with Crippen LogP contribution >= 0.6 is 0 Å². The fourth-order valence-corrected chi connectivity index (χ4v) is 1.04. The largest absolute Gasteiger partial charge is 0.495 e. The molecular weight excluding hydrogens is 202 g/mol. The molecule has 0 unspecified atom stereocenters. The van der Waals surface area contributed by atoms with E-state index >= 15 is 0 Å². The molecule has 0 aromatic rings. The van der Waals surface area contributed by atoms with E-state index in [2.05, 4.69) is 18.1 Å². The average molecular weight is 225 g/mol. The summed E-state index contributed by atoms with van der Waals surface area (Å²) in [6, 6.07) is 0. The zero-order valence-corrected chi connectivity index (χ0v) is 10.8. The molecule has 0 aliphatic heterocycles. The van der Waals surface area contributed by atoms with Crippen molar-refractivity contribution in [1.29, 1.82) is 0 Å². The highest BCUT2D eigenvalue weighted by atomic mass is 16.5. The van der Waals surface area contributed by atoms with Crippen LogP contribution in [0.1, 0.15) is 0 Å². The highest BCUT2D eigenvalue weighted by Gasteiger charge is 2.03. The molecule has 4 heteroatoms. The SMILES string of the molecule is C=C(N)/C(=C\C(=C)N(C)CCN(C)C)OC. The highest BCUT2D eigenvalue weighted by Crippen LogP contribution is 2.09. The van der Waals surface area contributed by atoms with Crippen molar-refractivity contribution in [3.05, 3.63) is 36.4 Å². The van der Waals surface area contributed by atoms with Crippen molar-refractivity contribution >= 4 is 0 Å². The lowest BCUT2D eigenvalue weighted by Gasteiger charge is -2.22. The lowest BCUT2D eigenvalue weighted by atomic mass is 10.3. The Morgan fingerprint density at radius 1 is 1.25 bits per heavy atom. The van der Waals surface area contributed by atoms with Gasteiger partial charge in [-0.05, 0) is 14.1 Å². The minimum atomic E-state index is 0.407. The molecule has 16 heavy (non-hydrogen) atoms. The van der Waals surface area contributed by atoms with E-state index < -0.39 is 0 Å². The quantitative estimate of drug-likeness (QED) is 0.518. The van der Waals surface area contributed by atoms with E-state index in [9.17, 15) is 0 Å². The number of rotatable bonds is 7. The summed E-state index contributed by atoms with van der Waals surface area (Å²) in [5, 5.41) is 0. The van der Waals surface area contributed by atoms with Crippen molar-refractivity contribution < 1.29 is 4.74 Å². The molecule has 4 nitrogen and oxygen atoms in total. The van der Waals surface area contributed by atoms with Gasteiger partial charge >= 0.3 is 0 Å². The lowest BCUT2D eigenvalue weighted by Crippen LogP contribution is -2.27. The molecule has 0 saturated carbocycles. The van der Waals surface area contributed by atoms with Gasteiger partial charge in [0.05, 0.1) is 12.8 Å². The van der Waals surface area contributed by atoms with Crippen molar-refractivity contribution in [2.75, 3.05) is 41.3 Å². The monoisotopic (exact) mass is 225 g/mol. The second-order valence-electron chi connectivity index (χ2n) is 3.95. The van der Waals surface area contributed by atoms with Gasteiger partial charge in [0.15, 0.2) is 0 Å². The summed E-state index contributed by atoms with van der Waals surface area (Å²) in [4.78, 5) is 4.16. The number of hydrogen-bond donors (Lipinski definition) is 1. The van der Waals surface area contributed by atoms with E-state index in [1.54, 1.807) is 13.2 Å². The third-order valence-electron chi connectivity index (χ3n) is 2.21. The summed E-state index contributed by atoms with van der Waals surface area (Å²) in [7, 11) is 7.62. The molecule has 0 aromatic carbocycles. The molecule has 0 rings (SSSR count). The van der Waals surface area contributed by atoms with Crippen LogP contribution in [0.3, 0.4) is 0 Å². The van der Waals surface area contributed by atoms with E-state index in [0.717, 1.165) is 18.8 Å². The summed E-state index contributed by atoms with van der Waals surface area (Å²) in [5.41, 5.74) is 6.82. The van der Waals surface area contributed by atoms with Crippen molar-refractivity contribution in [3.63, 3.8) is 0 Å². The third-order valence-corrected chi connectivity index (χ3v) is 2.21. The van der Waals surface area contributed by atoms with Crippen LogP contribution in [0.5, 0.6) is 0 Å². The zero-order chi connectivity index (χ0) is 12.7. The normalized spacial score (nSPS) is 11.4. The summed E-state index contributed by atoms with van der Waals surface area (Å²) in [6.07, 6.45) is 1.79. The highest BCUT2D eigenvalue weighted by molar-refractivity contribution is 5.27. The molecule has 2 N–H and O–H groups in total. The Morgan fingerprint density at radius 2 is 1.81 bits per heavy atom. The van der Waals surface area contributed by atoms with Crippen LogP contribution < -0.4 is 5.73 Å². The van der Waals surface area contributed by atoms with Crippen LogP contribution in [-0.4, -0.2) is 51.1 Å². The maximum absolute atomic E-state index is 5.56. The molecule has 0 saturated heterocycles. The van der Waals surface area contributed by atoms with Crippen LogP contribution in [0.4, 0.5) is 0 Å². The van der Waals surface area contributed by atoms with Gasteiger partial charge in [0.25, 0.3) is 0 Å². The van der Waals surface area contributed by atoms with Gasteiger partial charge in [0.2, 0.25) is 0 Å². The van der Waals surface area contributed by atoms with Crippen LogP contribution in [0.2, 0.25) is 0 Å². The first-order chi connectivity index (χ1) is 7.38. The smallest absolute Gasteiger partial charge is 0.143 e. The number of allylic oxidation sites excluding steroid dienone is 1. The molecule has 0 aliphatic carbocycles. The Kier molecular flexibility index (Phi) is 6.34. The Bertz CT molecular complexity index is 282. The van der Waals surface area contributed by atoms with E-state index in [-0.39, 0.29) is 0 Å². The van der Waals surface area contributed by atoms with Crippen molar-refractivity contribution in [1.82, 2.24) is 9.80 Å². The summed E-state index contributed by atoms with van der Waals surface area (Å²) in [6.45, 7) is 9.45. The van der Waals surface area contributed by atoms with Crippen molar-refractivity contribution in [2.24, 2.45) is 5.73 Å². The maximum Gasteiger partial charge on any atom is 0.143 e. The molecule has 0 bridgehead atoms. The number of nitrogens with zero attached hydrogens (tertiary/aromatic N) is 2. The number of likely N-dealkylation sites (N-methyl/N-ethyl adjacent to an activating group) is 2. The van der Waals surface area contributed by atoms with E-state index in [0.29, 0.717) is 11.5 Å². The number of ether oxygens (including phenoxy) is 1. The second kappa shape index (κ2) is 6.95. The summed E-state index contributed by atoms with van der Waals surface area (Å²) < 4.78 is 5.10. The van der Waals surface area contributed by atoms with Crippen LogP contribution in [0, 0.1) is 0 Å². The van der Waals surface area contributed by atoms with E-state index in [4.69, 9.17) is 10.5 Å². The Labute approximate surface area is 98.7 Å². The molecule has 0 radical (unpaired) electrons. The summed E-state index contributed by atoms with van der Waals surface area (Å²) >= 11 is 0. The molecule has 0 amide bonds. The summed E-state index contributed by atoms with van der Waals surface area (Å²) in [5.74, 6) is 0.557. The predicted octanol–water partition coefficient (Wildman–Crippen LogP) is 0.996. The Hall–Kier alpha value is -1.42. The number of nitrogens with two attached hydrogens (primary N) is 1. The number of methoxy groups -OCH3 is 1. The molecule has 0 heterocycles. The fraction of sp³-hybridized carbons (Fsp3) is 0.500. The molecule has 0 spiro atoms. The number of hydrogen-bond acceptors (Lipinski definition) is 4. The Balaban J connectivity index is 4.38. The van der Waals surface area contributed by atoms with Gasteiger partial charge in [-0.2, -0.15) is 0 Å². The van der Waals surface area contributed by atoms with E-state index in [1.807, 2.05) is 26.0 Å². The fourth-order valence-electron chi connectivity index (χ4n) is 1.04. The molecule has 0 aliphatic rings. The van der Waals surface area contributed by atoms with Gasteiger partial charge in [-0.15, -0.1) is 0 Å². The van der Waals surface area contributed by atoms with Crippen LogP contribution in [0.15, 0.2) is 36.4 Å². The second-order valence-corrected chi connectivity index (χ2v) is 3.95. The molecule has 92 valence electrons. The first-order valence-electron chi connectivity index (χ1n) is 5.13. The molecule has 0 aromatic heterocycles. The zero-order valence-electron chi connectivity index (χ0n) is 10.8. The first kappa shape index (κ1) is 14.6. The minimum absolute atomic E-state index is 0.407. The molecular formula is C12H23N3O. The minimum Gasteiger partial charge on any atom is -0.495 e. The standard InChI is InChI=1S/C12H23N3O/c1-10(9-12(16-6)11(2)13)15(5)8-7-14(3)4/h9H,1-2,7-8,13H2,3-6H3/b12-9+. The predicted molar refractivity (Wildman–Crippen MR) is 68.7 cm³/mol. The topological polar surface area (TPSA) is 41.7 Å². The van der Waals surface area contributed by atoms with Gasteiger partial charge in [-0.25, -0.2) is 0 Å². The third kappa shape index (κ3) is 5.46. The van der Waals surface area contributed by atoms with Gasteiger partial charge in [-0.1, -0.05) is 13.2 Å².